The van der Waals surface area contributed by atoms with E-state index < -0.39 is 23.6 Å². The van der Waals surface area contributed by atoms with Crippen LogP contribution in [0.2, 0.25) is 5.02 Å². The van der Waals surface area contributed by atoms with Gasteiger partial charge in [0.05, 0.1) is 19.3 Å². The molecule has 2 aromatic carbocycles. The summed E-state index contributed by atoms with van der Waals surface area (Å²) in [7, 11) is 0. The van der Waals surface area contributed by atoms with Crippen LogP contribution in [-0.2, 0) is 21.7 Å². The van der Waals surface area contributed by atoms with Crippen LogP contribution in [0.3, 0.4) is 0 Å². The largest absolute Gasteiger partial charge is 0.393 e. The summed E-state index contributed by atoms with van der Waals surface area (Å²) in [4.78, 5) is 0. The molecule has 4 atom stereocenters. The molecule has 4 unspecified atom stereocenters. The number of hydrogen-bond acceptors (Lipinski definition) is 5. The van der Waals surface area contributed by atoms with Gasteiger partial charge in [-0.05, 0) is 36.6 Å². The van der Waals surface area contributed by atoms with Crippen molar-refractivity contribution in [2.24, 2.45) is 0 Å². The Morgan fingerprint density at radius 2 is 1.89 bits per heavy atom. The number of benzene rings is 2. The number of ether oxygens (including phenoxy) is 2. The van der Waals surface area contributed by atoms with Crippen molar-refractivity contribution in [1.82, 2.24) is 0 Å². The molecule has 2 saturated heterocycles. The van der Waals surface area contributed by atoms with Crippen LogP contribution in [0.1, 0.15) is 28.7 Å². The van der Waals surface area contributed by atoms with Gasteiger partial charge >= 0.3 is 0 Å². The molecular formula is C21H23ClO5. The molecule has 0 aliphatic carbocycles. The lowest BCUT2D eigenvalue weighted by Crippen LogP contribution is -2.57. The summed E-state index contributed by atoms with van der Waals surface area (Å²) in [5.74, 6) is -1.51. The maximum Gasteiger partial charge on any atom is 0.225 e. The number of rotatable bonds is 4. The second kappa shape index (κ2) is 6.85. The number of halogens is 1. The lowest BCUT2D eigenvalue weighted by atomic mass is 9.86. The fourth-order valence-corrected chi connectivity index (χ4v) is 4.10. The second-order valence-electron chi connectivity index (χ2n) is 7.58. The number of fused-ring (bicyclic) bond motifs is 2. The first-order valence-corrected chi connectivity index (χ1v) is 9.41. The van der Waals surface area contributed by atoms with Crippen LogP contribution in [0.5, 0.6) is 0 Å². The molecule has 0 radical (unpaired) electrons. The summed E-state index contributed by atoms with van der Waals surface area (Å²) < 4.78 is 11.9. The van der Waals surface area contributed by atoms with Gasteiger partial charge in [-0.3, -0.25) is 0 Å². The Morgan fingerprint density at radius 3 is 2.59 bits per heavy atom. The highest BCUT2D eigenvalue weighted by Crippen LogP contribution is 2.49. The molecule has 0 amide bonds. The molecule has 144 valence electrons. The van der Waals surface area contributed by atoms with Gasteiger partial charge in [0, 0.05) is 17.0 Å². The monoisotopic (exact) mass is 390 g/mol. The van der Waals surface area contributed by atoms with Crippen LogP contribution >= 0.6 is 11.6 Å². The van der Waals surface area contributed by atoms with Crippen molar-refractivity contribution in [2.45, 2.75) is 43.4 Å². The van der Waals surface area contributed by atoms with Crippen LogP contribution in [0.15, 0.2) is 42.5 Å². The number of aryl methyl sites for hydroxylation is 1. The van der Waals surface area contributed by atoms with Gasteiger partial charge in [-0.25, -0.2) is 0 Å². The van der Waals surface area contributed by atoms with Gasteiger partial charge in [-0.2, -0.15) is 0 Å². The second-order valence-corrected chi connectivity index (χ2v) is 7.99. The molecule has 0 aromatic heterocycles. The van der Waals surface area contributed by atoms with Gasteiger partial charge in [0.2, 0.25) is 5.79 Å². The van der Waals surface area contributed by atoms with Crippen LogP contribution < -0.4 is 0 Å². The normalized spacial score (nSPS) is 32.6. The third-order valence-corrected chi connectivity index (χ3v) is 5.87. The number of aliphatic hydroxyl groups excluding tert-OH is 3. The van der Waals surface area contributed by atoms with Gasteiger partial charge in [0.15, 0.2) is 0 Å². The van der Waals surface area contributed by atoms with Gasteiger partial charge in [-0.1, -0.05) is 47.5 Å². The Morgan fingerprint density at radius 1 is 1.15 bits per heavy atom. The van der Waals surface area contributed by atoms with Gasteiger partial charge in [0.1, 0.15) is 11.7 Å². The van der Waals surface area contributed by atoms with Crippen molar-refractivity contribution >= 4 is 11.6 Å². The Hall–Kier alpha value is -1.47. The van der Waals surface area contributed by atoms with Crippen molar-refractivity contribution in [1.29, 1.82) is 0 Å². The van der Waals surface area contributed by atoms with Crippen molar-refractivity contribution in [2.75, 3.05) is 13.2 Å². The van der Waals surface area contributed by atoms with E-state index in [0.717, 1.165) is 11.1 Å². The van der Waals surface area contributed by atoms with Crippen LogP contribution in [0.4, 0.5) is 0 Å². The van der Waals surface area contributed by atoms with Crippen molar-refractivity contribution in [3.8, 4) is 0 Å². The highest BCUT2D eigenvalue weighted by molar-refractivity contribution is 6.31. The predicted octanol–water partition coefficient (Wildman–Crippen LogP) is 2.30. The molecule has 2 aliphatic rings. The van der Waals surface area contributed by atoms with E-state index in [9.17, 15) is 15.3 Å². The lowest BCUT2D eigenvalue weighted by Gasteiger charge is -2.43. The van der Waals surface area contributed by atoms with Crippen molar-refractivity contribution < 1.29 is 24.8 Å². The van der Waals surface area contributed by atoms with Gasteiger partial charge < -0.3 is 24.8 Å². The molecule has 4 rings (SSSR count). The highest BCUT2D eigenvalue weighted by Gasteiger charge is 2.62. The quantitative estimate of drug-likeness (QED) is 0.746. The first-order chi connectivity index (χ1) is 12.9. The van der Waals surface area contributed by atoms with E-state index in [0.29, 0.717) is 17.0 Å². The Balaban J connectivity index is 1.70. The minimum atomic E-state index is -1.51. The highest BCUT2D eigenvalue weighted by atomic mass is 35.5. The van der Waals surface area contributed by atoms with Gasteiger partial charge in [-0.15, -0.1) is 0 Å². The first kappa shape index (κ1) is 18.9. The molecule has 2 aromatic rings. The third kappa shape index (κ3) is 3.18. The van der Waals surface area contributed by atoms with E-state index in [1.54, 1.807) is 12.1 Å². The Bertz CT molecular complexity index is 839. The van der Waals surface area contributed by atoms with Crippen LogP contribution in [0.25, 0.3) is 0 Å². The van der Waals surface area contributed by atoms with E-state index in [1.165, 1.54) is 5.56 Å². The van der Waals surface area contributed by atoms with Crippen molar-refractivity contribution in [3.63, 3.8) is 0 Å². The molecule has 3 N–H and O–H groups in total. The van der Waals surface area contributed by atoms with E-state index in [2.05, 4.69) is 12.1 Å². The topological polar surface area (TPSA) is 79.2 Å². The summed E-state index contributed by atoms with van der Waals surface area (Å²) in [5.41, 5.74) is 2.74. The Labute approximate surface area is 163 Å². The summed E-state index contributed by atoms with van der Waals surface area (Å²) in [6.45, 7) is 1.85. The maximum absolute atomic E-state index is 10.6. The summed E-state index contributed by atoms with van der Waals surface area (Å²) in [6, 6.07) is 13.5. The Kier molecular flexibility index (Phi) is 4.79. The summed E-state index contributed by atoms with van der Waals surface area (Å²) in [6.07, 6.45) is -1.57. The zero-order chi connectivity index (χ0) is 19.2. The van der Waals surface area contributed by atoms with Gasteiger partial charge in [0.25, 0.3) is 0 Å². The standard InChI is InChI=1S/C21H23ClO5/c1-13-2-4-14(5-3-13)8-15-9-16(6-7-17(15)22)21-19(25)18(24)10-20(11-23,27-21)12-26-21/h2-7,9,18-19,23-25H,8,10-12H2,1H3. The molecule has 2 bridgehead atoms. The molecular weight excluding hydrogens is 368 g/mol. The zero-order valence-corrected chi connectivity index (χ0v) is 15.8. The minimum Gasteiger partial charge on any atom is -0.393 e. The molecule has 2 heterocycles. The summed E-state index contributed by atoms with van der Waals surface area (Å²) in [5, 5.41) is 31.3. The molecule has 0 saturated carbocycles. The van der Waals surface area contributed by atoms with E-state index >= 15 is 0 Å². The molecule has 2 aliphatic heterocycles. The molecule has 27 heavy (non-hydrogen) atoms. The van der Waals surface area contributed by atoms with Crippen molar-refractivity contribution in [3.05, 3.63) is 69.7 Å². The van der Waals surface area contributed by atoms with E-state index in [1.807, 2.05) is 25.1 Å². The van der Waals surface area contributed by atoms with E-state index in [4.69, 9.17) is 21.1 Å². The maximum atomic E-state index is 10.6. The smallest absolute Gasteiger partial charge is 0.225 e. The predicted molar refractivity (Wildman–Crippen MR) is 101 cm³/mol. The fourth-order valence-electron chi connectivity index (χ4n) is 3.92. The molecule has 2 fully saturated rings. The average molecular weight is 391 g/mol. The molecule has 5 nitrogen and oxygen atoms in total. The number of hydrogen-bond donors (Lipinski definition) is 3. The minimum absolute atomic E-state index is 0.105. The SMILES string of the molecule is Cc1ccc(Cc2cc(C34OCC(CO)(CC(O)C3O)O4)ccc2Cl)cc1. The third-order valence-electron chi connectivity index (χ3n) is 5.50. The summed E-state index contributed by atoms with van der Waals surface area (Å²) >= 11 is 6.40. The molecule has 6 heteroatoms. The first-order valence-electron chi connectivity index (χ1n) is 9.03. The average Bonchev–Trinajstić information content (AvgIpc) is 3.01. The number of aliphatic hydroxyl groups is 3. The van der Waals surface area contributed by atoms with Crippen LogP contribution in [-0.4, -0.2) is 46.3 Å². The lowest BCUT2D eigenvalue weighted by molar-refractivity contribution is -0.302. The zero-order valence-electron chi connectivity index (χ0n) is 15.1. The molecule has 0 spiro atoms. The van der Waals surface area contributed by atoms with Crippen LogP contribution in [0, 0.1) is 6.92 Å². The fraction of sp³-hybridized carbons (Fsp3) is 0.429. The van der Waals surface area contributed by atoms with E-state index in [-0.39, 0.29) is 19.6 Å².